The lowest BCUT2D eigenvalue weighted by atomic mass is 9.99. The van der Waals surface area contributed by atoms with Crippen molar-refractivity contribution in [3.63, 3.8) is 0 Å². The molecule has 0 spiro atoms. The Balaban J connectivity index is 2.30. The first kappa shape index (κ1) is 53.2. The fraction of sp³-hybridized carbons (Fsp3) is 0.872. The molecule has 10 heteroatoms. The summed E-state index contributed by atoms with van der Waals surface area (Å²) >= 11 is 0. The minimum absolute atomic E-state index is 0.127. The molecule has 1 aliphatic heterocycles. The molecule has 3 unspecified atom stereocenters. The normalized spacial score (nSPS) is 20.4. The first-order valence-electron chi connectivity index (χ1n) is 23.4. The van der Waals surface area contributed by atoms with Gasteiger partial charge in [0, 0.05) is 12.8 Å². The quantitative estimate of drug-likeness (QED) is 0.0268. The lowest BCUT2D eigenvalue weighted by Gasteiger charge is -2.39. The zero-order valence-corrected chi connectivity index (χ0v) is 36.3. The number of unbranched alkanes of at least 4 members (excludes halogenated alkanes) is 24. The van der Waals surface area contributed by atoms with Gasteiger partial charge in [-0.25, -0.2) is 0 Å². The van der Waals surface area contributed by atoms with E-state index in [1.807, 2.05) is 12.2 Å². The summed E-state index contributed by atoms with van der Waals surface area (Å²) in [5.41, 5.74) is 0. The van der Waals surface area contributed by atoms with E-state index in [1.165, 1.54) is 141 Å². The first-order valence-corrected chi connectivity index (χ1v) is 23.4. The number of ether oxygens (including phenoxy) is 4. The maximum atomic E-state index is 12.7. The lowest BCUT2D eigenvalue weighted by Crippen LogP contribution is -2.59. The molecule has 1 aliphatic rings. The number of allylic oxidation sites excluding steroid dienone is 4. The molecule has 1 rings (SSSR count). The van der Waals surface area contributed by atoms with Crippen molar-refractivity contribution < 1.29 is 49.0 Å². The van der Waals surface area contributed by atoms with Crippen molar-refractivity contribution in [2.45, 2.75) is 243 Å². The Hall–Kier alpha value is -1.82. The van der Waals surface area contributed by atoms with Crippen LogP contribution in [0.2, 0.25) is 0 Å². The highest BCUT2D eigenvalue weighted by Gasteiger charge is 2.44. The van der Waals surface area contributed by atoms with E-state index in [4.69, 9.17) is 18.9 Å². The smallest absolute Gasteiger partial charge is 0.306 e. The van der Waals surface area contributed by atoms with Crippen LogP contribution in [0.5, 0.6) is 0 Å². The SMILES string of the molecule is CCCCCCCC/C=C/C/C=C/CCC(=O)OC(COC(=O)CCCCCCCCCCCCCCCCCCCCC)CO[C@H]1O[C@@H](CO)[C@@H](O)C(O)C1O. The van der Waals surface area contributed by atoms with E-state index in [2.05, 4.69) is 26.0 Å². The number of carbonyl (C=O) groups is 2. The molecule has 4 N–H and O–H groups in total. The number of aliphatic hydroxyl groups excluding tert-OH is 4. The van der Waals surface area contributed by atoms with E-state index in [1.54, 1.807) is 0 Å². The molecule has 334 valence electrons. The molecule has 1 saturated heterocycles. The molecule has 0 aromatic heterocycles. The number of aliphatic hydroxyl groups is 4. The average molecular weight is 811 g/mol. The van der Waals surface area contributed by atoms with Crippen molar-refractivity contribution in [3.05, 3.63) is 24.3 Å². The molecule has 0 bridgehead atoms. The van der Waals surface area contributed by atoms with Crippen molar-refractivity contribution in [1.29, 1.82) is 0 Å². The van der Waals surface area contributed by atoms with Crippen LogP contribution in [-0.2, 0) is 28.5 Å². The first-order chi connectivity index (χ1) is 27.8. The van der Waals surface area contributed by atoms with Gasteiger partial charge >= 0.3 is 11.9 Å². The second-order valence-corrected chi connectivity index (χ2v) is 16.2. The molecule has 1 fully saturated rings. The highest BCUT2D eigenvalue weighted by atomic mass is 16.7. The van der Waals surface area contributed by atoms with Gasteiger partial charge in [0.2, 0.25) is 0 Å². The Morgan fingerprint density at radius 1 is 0.544 bits per heavy atom. The summed E-state index contributed by atoms with van der Waals surface area (Å²) in [6.45, 7) is 3.38. The van der Waals surface area contributed by atoms with Gasteiger partial charge in [-0.05, 0) is 32.1 Å². The summed E-state index contributed by atoms with van der Waals surface area (Å²) in [5, 5.41) is 40.0. The van der Waals surface area contributed by atoms with E-state index in [0.29, 0.717) is 6.42 Å². The summed E-state index contributed by atoms with van der Waals surface area (Å²) in [6, 6.07) is 0. The molecular formula is C47H86O10. The van der Waals surface area contributed by atoms with Gasteiger partial charge in [-0.15, -0.1) is 0 Å². The third-order valence-electron chi connectivity index (χ3n) is 10.9. The molecule has 0 aliphatic carbocycles. The van der Waals surface area contributed by atoms with Gasteiger partial charge in [-0.1, -0.05) is 186 Å². The van der Waals surface area contributed by atoms with Crippen LogP contribution in [0.25, 0.3) is 0 Å². The van der Waals surface area contributed by atoms with Gasteiger partial charge < -0.3 is 39.4 Å². The fourth-order valence-electron chi connectivity index (χ4n) is 7.12. The zero-order valence-electron chi connectivity index (χ0n) is 36.3. The van der Waals surface area contributed by atoms with Crippen LogP contribution >= 0.6 is 0 Å². The predicted molar refractivity (Wildman–Crippen MR) is 229 cm³/mol. The van der Waals surface area contributed by atoms with E-state index in [0.717, 1.165) is 32.1 Å². The molecule has 0 amide bonds. The van der Waals surface area contributed by atoms with Crippen molar-refractivity contribution in [2.75, 3.05) is 19.8 Å². The van der Waals surface area contributed by atoms with E-state index < -0.39 is 49.4 Å². The van der Waals surface area contributed by atoms with Crippen molar-refractivity contribution in [1.82, 2.24) is 0 Å². The van der Waals surface area contributed by atoms with Crippen LogP contribution in [0.15, 0.2) is 24.3 Å². The zero-order chi connectivity index (χ0) is 41.6. The lowest BCUT2D eigenvalue weighted by molar-refractivity contribution is -0.305. The van der Waals surface area contributed by atoms with Gasteiger partial charge in [0.05, 0.1) is 13.2 Å². The van der Waals surface area contributed by atoms with Gasteiger partial charge in [0.1, 0.15) is 31.0 Å². The molecule has 1 heterocycles. The Kier molecular flexibility index (Phi) is 35.8. The third-order valence-corrected chi connectivity index (χ3v) is 10.9. The number of esters is 2. The van der Waals surface area contributed by atoms with E-state index in [-0.39, 0.29) is 32.0 Å². The van der Waals surface area contributed by atoms with Crippen molar-refractivity contribution in [3.8, 4) is 0 Å². The maximum absolute atomic E-state index is 12.7. The molecular weight excluding hydrogens is 725 g/mol. The monoisotopic (exact) mass is 811 g/mol. The molecule has 10 nitrogen and oxygen atoms in total. The highest BCUT2D eigenvalue weighted by molar-refractivity contribution is 5.70. The Bertz CT molecular complexity index is 985. The topological polar surface area (TPSA) is 152 Å². The summed E-state index contributed by atoms with van der Waals surface area (Å²) in [6.07, 6.45) is 34.9. The molecule has 0 saturated carbocycles. The molecule has 6 atom stereocenters. The van der Waals surface area contributed by atoms with Crippen LogP contribution in [0.4, 0.5) is 0 Å². The molecule has 0 radical (unpaired) electrons. The van der Waals surface area contributed by atoms with Crippen LogP contribution in [-0.4, -0.2) is 89.0 Å². The largest absolute Gasteiger partial charge is 0.462 e. The number of rotatable bonds is 39. The Labute approximate surface area is 347 Å². The fourth-order valence-corrected chi connectivity index (χ4v) is 7.12. The third kappa shape index (κ3) is 30.0. The summed E-state index contributed by atoms with van der Waals surface area (Å²) in [4.78, 5) is 25.3. The summed E-state index contributed by atoms with van der Waals surface area (Å²) in [5.74, 6) is -0.876. The van der Waals surface area contributed by atoms with Crippen LogP contribution in [0.3, 0.4) is 0 Å². The standard InChI is InChI=1S/C47H86O10/c1-3-5-7-9-11-13-15-17-18-19-20-21-22-24-25-27-29-31-33-35-42(49)54-38-40(39-55-47-46(53)45(52)44(51)41(37-48)57-47)56-43(50)36-34-32-30-28-26-23-16-14-12-10-8-6-4-2/h23,26,30,32,40-41,44-48,51-53H,3-22,24-25,27-29,31,33-39H2,1-2H3/b26-23+,32-30+/t40?,41-,44+,45?,46?,47-/m0/s1. The van der Waals surface area contributed by atoms with Gasteiger partial charge in [-0.2, -0.15) is 0 Å². The van der Waals surface area contributed by atoms with E-state index in [9.17, 15) is 30.0 Å². The van der Waals surface area contributed by atoms with Crippen molar-refractivity contribution in [2.24, 2.45) is 0 Å². The highest BCUT2D eigenvalue weighted by Crippen LogP contribution is 2.23. The number of hydrogen-bond acceptors (Lipinski definition) is 10. The Morgan fingerprint density at radius 3 is 1.53 bits per heavy atom. The molecule has 0 aromatic rings. The van der Waals surface area contributed by atoms with Crippen molar-refractivity contribution >= 4 is 11.9 Å². The minimum atomic E-state index is -1.60. The van der Waals surface area contributed by atoms with Crippen LogP contribution in [0.1, 0.15) is 206 Å². The average Bonchev–Trinajstić information content (AvgIpc) is 3.21. The predicted octanol–water partition coefficient (Wildman–Crippen LogP) is 10.1. The summed E-state index contributed by atoms with van der Waals surface area (Å²) in [7, 11) is 0. The molecule has 57 heavy (non-hydrogen) atoms. The van der Waals surface area contributed by atoms with Gasteiger partial charge in [0.25, 0.3) is 0 Å². The van der Waals surface area contributed by atoms with Gasteiger partial charge in [-0.3, -0.25) is 9.59 Å². The maximum Gasteiger partial charge on any atom is 0.306 e. The molecule has 0 aromatic carbocycles. The Morgan fingerprint density at radius 2 is 1.02 bits per heavy atom. The number of carbonyl (C=O) groups excluding carboxylic acids is 2. The number of hydrogen-bond donors (Lipinski definition) is 4. The minimum Gasteiger partial charge on any atom is -0.462 e. The second-order valence-electron chi connectivity index (χ2n) is 16.2. The van der Waals surface area contributed by atoms with Crippen LogP contribution in [0, 0.1) is 0 Å². The summed E-state index contributed by atoms with van der Waals surface area (Å²) < 4.78 is 22.1. The van der Waals surface area contributed by atoms with Crippen LogP contribution < -0.4 is 0 Å². The van der Waals surface area contributed by atoms with Gasteiger partial charge in [0.15, 0.2) is 12.4 Å². The van der Waals surface area contributed by atoms with E-state index >= 15 is 0 Å². The second kappa shape index (κ2) is 38.4.